The molecular weight excluding hydrogens is 236 g/mol. The topological polar surface area (TPSA) is 37.5 Å². The Morgan fingerprint density at radius 1 is 1.00 bits per heavy atom. The lowest BCUT2D eigenvalue weighted by molar-refractivity contribution is 0.578. The summed E-state index contributed by atoms with van der Waals surface area (Å²) in [5.74, 6) is 0.875. The molecule has 3 heteroatoms. The number of benzene rings is 2. The molecule has 1 heterocycles. The van der Waals surface area contributed by atoms with Crippen molar-refractivity contribution in [2.75, 3.05) is 5.43 Å². The van der Waals surface area contributed by atoms with Crippen LogP contribution in [0.1, 0.15) is 11.3 Å². The van der Waals surface area contributed by atoms with Crippen LogP contribution < -0.4 is 5.43 Å². The van der Waals surface area contributed by atoms with Crippen molar-refractivity contribution in [3.05, 3.63) is 65.9 Å². The van der Waals surface area contributed by atoms with Crippen molar-refractivity contribution in [1.82, 2.24) is 0 Å². The van der Waals surface area contributed by atoms with Crippen LogP contribution in [0, 0.1) is 6.92 Å². The van der Waals surface area contributed by atoms with Gasteiger partial charge in [-0.3, -0.25) is 5.43 Å². The van der Waals surface area contributed by atoms with Gasteiger partial charge in [-0.1, -0.05) is 36.4 Å². The zero-order chi connectivity index (χ0) is 13.1. The van der Waals surface area contributed by atoms with Crippen LogP contribution >= 0.6 is 0 Å². The van der Waals surface area contributed by atoms with Crippen molar-refractivity contribution in [2.24, 2.45) is 5.10 Å². The van der Waals surface area contributed by atoms with E-state index in [-0.39, 0.29) is 0 Å². The predicted molar refractivity (Wildman–Crippen MR) is 78.6 cm³/mol. The van der Waals surface area contributed by atoms with Crippen LogP contribution in [0.5, 0.6) is 0 Å². The first-order valence-corrected chi connectivity index (χ1v) is 6.17. The molecule has 19 heavy (non-hydrogen) atoms. The van der Waals surface area contributed by atoms with Gasteiger partial charge in [-0.25, -0.2) is 0 Å². The monoisotopic (exact) mass is 250 g/mol. The summed E-state index contributed by atoms with van der Waals surface area (Å²) in [7, 11) is 0. The summed E-state index contributed by atoms with van der Waals surface area (Å²) in [6.07, 6.45) is 1.80. The highest BCUT2D eigenvalue weighted by molar-refractivity contribution is 5.99. The fraction of sp³-hybridized carbons (Fsp3) is 0.0625. The van der Waals surface area contributed by atoms with Crippen molar-refractivity contribution in [2.45, 2.75) is 6.92 Å². The average Bonchev–Trinajstić information content (AvgIpc) is 2.76. The van der Waals surface area contributed by atoms with Crippen LogP contribution in [0.2, 0.25) is 0 Å². The number of hydrazone groups is 1. The Balaban J connectivity index is 1.87. The smallest absolute Gasteiger partial charge is 0.134 e. The van der Waals surface area contributed by atoms with E-state index in [2.05, 4.69) is 10.5 Å². The second-order valence-electron chi connectivity index (χ2n) is 4.30. The molecule has 3 nitrogen and oxygen atoms in total. The molecule has 0 atom stereocenters. The van der Waals surface area contributed by atoms with Gasteiger partial charge in [0, 0.05) is 10.9 Å². The Morgan fingerprint density at radius 3 is 2.58 bits per heavy atom. The van der Waals surface area contributed by atoms with Gasteiger partial charge in [0.15, 0.2) is 0 Å². The number of furan rings is 1. The Morgan fingerprint density at radius 2 is 1.74 bits per heavy atom. The number of anilines is 1. The molecule has 0 amide bonds. The normalized spacial score (nSPS) is 11.2. The van der Waals surface area contributed by atoms with E-state index < -0.39 is 0 Å². The first-order valence-electron chi connectivity index (χ1n) is 6.17. The fourth-order valence-corrected chi connectivity index (χ4v) is 2.03. The molecule has 0 saturated heterocycles. The van der Waals surface area contributed by atoms with E-state index in [1.54, 1.807) is 6.21 Å². The third-order valence-electron chi connectivity index (χ3n) is 2.98. The van der Waals surface area contributed by atoms with E-state index in [0.717, 1.165) is 28.0 Å². The Bertz CT molecular complexity index is 714. The SMILES string of the molecule is Cc1oc2ccccc2c1/C=N\Nc1ccccc1. The van der Waals surface area contributed by atoms with Crippen molar-refractivity contribution in [3.63, 3.8) is 0 Å². The van der Waals surface area contributed by atoms with Gasteiger partial charge < -0.3 is 4.42 Å². The molecule has 0 bridgehead atoms. The molecule has 3 rings (SSSR count). The summed E-state index contributed by atoms with van der Waals surface area (Å²) in [5.41, 5.74) is 5.87. The number of hydrogen-bond donors (Lipinski definition) is 1. The number of nitrogens with one attached hydrogen (secondary N) is 1. The molecular formula is C16H14N2O. The molecule has 0 radical (unpaired) electrons. The molecule has 0 aliphatic carbocycles. The zero-order valence-electron chi connectivity index (χ0n) is 10.6. The third-order valence-corrected chi connectivity index (χ3v) is 2.98. The lowest BCUT2D eigenvalue weighted by atomic mass is 10.1. The predicted octanol–water partition coefficient (Wildman–Crippen LogP) is 4.19. The van der Waals surface area contributed by atoms with E-state index in [1.807, 2.05) is 61.5 Å². The summed E-state index contributed by atoms with van der Waals surface area (Å²) in [6.45, 7) is 1.95. The Labute approximate surface area is 111 Å². The summed E-state index contributed by atoms with van der Waals surface area (Å²) in [5, 5.41) is 5.34. The Kier molecular flexibility index (Phi) is 3.02. The molecule has 1 N–H and O–H groups in total. The second-order valence-corrected chi connectivity index (χ2v) is 4.30. The number of nitrogens with zero attached hydrogens (tertiary/aromatic N) is 1. The molecule has 0 saturated carbocycles. The van der Waals surface area contributed by atoms with Crippen LogP contribution in [0.4, 0.5) is 5.69 Å². The molecule has 0 aliphatic rings. The number of rotatable bonds is 3. The maximum Gasteiger partial charge on any atom is 0.134 e. The van der Waals surface area contributed by atoms with Crippen molar-refractivity contribution < 1.29 is 4.42 Å². The van der Waals surface area contributed by atoms with Gasteiger partial charge in [0.1, 0.15) is 11.3 Å². The minimum absolute atomic E-state index is 0.875. The van der Waals surface area contributed by atoms with Crippen LogP contribution in [0.15, 0.2) is 64.1 Å². The van der Waals surface area contributed by atoms with Gasteiger partial charge in [0.25, 0.3) is 0 Å². The zero-order valence-corrected chi connectivity index (χ0v) is 10.6. The summed E-state index contributed by atoms with van der Waals surface area (Å²) in [6, 6.07) is 17.8. The third kappa shape index (κ3) is 2.36. The van der Waals surface area contributed by atoms with E-state index in [4.69, 9.17) is 4.42 Å². The number of aryl methyl sites for hydroxylation is 1. The summed E-state index contributed by atoms with van der Waals surface area (Å²) < 4.78 is 5.68. The first kappa shape index (κ1) is 11.5. The van der Waals surface area contributed by atoms with Crippen molar-refractivity contribution >= 4 is 22.9 Å². The highest BCUT2D eigenvalue weighted by Crippen LogP contribution is 2.23. The van der Waals surface area contributed by atoms with E-state index in [1.165, 1.54) is 0 Å². The van der Waals surface area contributed by atoms with Gasteiger partial charge in [-0.15, -0.1) is 0 Å². The molecule has 2 aromatic carbocycles. The van der Waals surface area contributed by atoms with E-state index in [0.29, 0.717) is 0 Å². The molecule has 1 aromatic heterocycles. The number of hydrogen-bond acceptors (Lipinski definition) is 3. The van der Waals surface area contributed by atoms with Gasteiger partial charge in [-0.2, -0.15) is 5.10 Å². The van der Waals surface area contributed by atoms with E-state index >= 15 is 0 Å². The average molecular weight is 250 g/mol. The highest BCUT2D eigenvalue weighted by atomic mass is 16.3. The van der Waals surface area contributed by atoms with Crippen molar-refractivity contribution in [1.29, 1.82) is 0 Å². The van der Waals surface area contributed by atoms with Crippen LogP contribution in [-0.4, -0.2) is 6.21 Å². The maximum atomic E-state index is 5.68. The molecule has 94 valence electrons. The number of para-hydroxylation sites is 2. The van der Waals surface area contributed by atoms with Crippen molar-refractivity contribution in [3.8, 4) is 0 Å². The fourth-order valence-electron chi connectivity index (χ4n) is 2.03. The van der Waals surface area contributed by atoms with Gasteiger partial charge in [-0.05, 0) is 25.1 Å². The molecule has 0 fully saturated rings. The lowest BCUT2D eigenvalue weighted by Crippen LogP contribution is -1.90. The van der Waals surface area contributed by atoms with Gasteiger partial charge in [0.2, 0.25) is 0 Å². The summed E-state index contributed by atoms with van der Waals surface area (Å²) >= 11 is 0. The van der Waals surface area contributed by atoms with Gasteiger partial charge >= 0.3 is 0 Å². The standard InChI is InChI=1S/C16H14N2O/c1-12-15(14-9-5-6-10-16(14)19-12)11-17-18-13-7-3-2-4-8-13/h2-11,18H,1H3/b17-11-. The molecule has 0 unspecified atom stereocenters. The van der Waals surface area contributed by atoms with Crippen LogP contribution in [0.3, 0.4) is 0 Å². The summed E-state index contributed by atoms with van der Waals surface area (Å²) in [4.78, 5) is 0. The maximum absolute atomic E-state index is 5.68. The first-order chi connectivity index (χ1) is 9.34. The minimum atomic E-state index is 0.875. The van der Waals surface area contributed by atoms with Gasteiger partial charge in [0.05, 0.1) is 11.9 Å². The van der Waals surface area contributed by atoms with Crippen LogP contribution in [-0.2, 0) is 0 Å². The molecule has 3 aromatic rings. The highest BCUT2D eigenvalue weighted by Gasteiger charge is 2.07. The quantitative estimate of drug-likeness (QED) is 0.559. The van der Waals surface area contributed by atoms with E-state index in [9.17, 15) is 0 Å². The largest absolute Gasteiger partial charge is 0.461 e. The second kappa shape index (κ2) is 4.98. The molecule has 0 spiro atoms. The Hall–Kier alpha value is -2.55. The van der Waals surface area contributed by atoms with Crippen LogP contribution in [0.25, 0.3) is 11.0 Å². The number of fused-ring (bicyclic) bond motifs is 1. The minimum Gasteiger partial charge on any atom is -0.461 e. The lowest BCUT2D eigenvalue weighted by Gasteiger charge is -1.98. The molecule has 0 aliphatic heterocycles.